The molecule has 6 rings (SSSR count). The summed E-state index contributed by atoms with van der Waals surface area (Å²) in [4.78, 5) is 32.4. The average Bonchev–Trinajstić information content (AvgIpc) is 3.23. The summed E-state index contributed by atoms with van der Waals surface area (Å²) in [6.45, 7) is 6.70. The molecule has 1 aromatic carbocycles. The van der Waals surface area contributed by atoms with Crippen molar-refractivity contribution >= 4 is 24.9 Å². The Kier molecular flexibility index (Phi) is 5.10. The minimum absolute atomic E-state index is 0.151. The number of fused-ring (bicyclic) bond motifs is 5. The van der Waals surface area contributed by atoms with Crippen molar-refractivity contribution in [2.75, 3.05) is 0 Å². The van der Waals surface area contributed by atoms with E-state index in [1.807, 2.05) is 30.3 Å². The van der Waals surface area contributed by atoms with Gasteiger partial charge < -0.3 is 14.4 Å². The first-order chi connectivity index (χ1) is 16.8. The third-order valence-corrected chi connectivity index (χ3v) is 13.3. The number of cyclic esters (lactones) is 1. The van der Waals surface area contributed by atoms with Gasteiger partial charge in [-0.1, -0.05) is 70.3 Å². The summed E-state index contributed by atoms with van der Waals surface area (Å²) in [6, 6.07) is 11.9. The summed E-state index contributed by atoms with van der Waals surface area (Å²) in [5, 5.41) is 12.6. The second-order valence-electron chi connectivity index (χ2n) is 11.1. The van der Waals surface area contributed by atoms with Gasteiger partial charge in [0.1, 0.15) is 13.8 Å². The van der Waals surface area contributed by atoms with Gasteiger partial charge in [-0.05, 0) is 30.2 Å². The maximum atomic E-state index is 14.2. The number of esters is 1. The molecule has 0 bridgehead atoms. The lowest BCUT2D eigenvalue weighted by atomic mass is 9.86. The van der Waals surface area contributed by atoms with E-state index in [2.05, 4.69) is 19.2 Å². The number of hydrogen-bond donors (Lipinski definition) is 1. The molecule has 1 fully saturated rings. The minimum Gasteiger partial charge on any atom is -0.459 e. The van der Waals surface area contributed by atoms with Crippen LogP contribution in [0.4, 0.5) is 0 Å². The molecule has 7 heteroatoms. The van der Waals surface area contributed by atoms with E-state index in [0.29, 0.717) is 28.9 Å². The number of aromatic nitrogens is 2. The van der Waals surface area contributed by atoms with E-state index in [-0.39, 0.29) is 12.0 Å². The molecule has 1 saturated carbocycles. The van der Waals surface area contributed by atoms with Crippen molar-refractivity contribution < 1.29 is 14.6 Å². The molecule has 1 aliphatic carbocycles. The fourth-order valence-corrected chi connectivity index (χ4v) is 10.3. The molecular weight excluding hydrogens is 456 g/mol. The Morgan fingerprint density at radius 3 is 2.63 bits per heavy atom. The predicted molar refractivity (Wildman–Crippen MR) is 138 cm³/mol. The smallest absolute Gasteiger partial charge is 0.343 e. The highest BCUT2D eigenvalue weighted by molar-refractivity contribution is 6.80. The number of hydrogen-bond acceptors (Lipinski definition) is 5. The number of carbonyl (C=O) groups is 1. The number of ether oxygens (including phenoxy) is 1. The van der Waals surface area contributed by atoms with Crippen molar-refractivity contribution in [3.63, 3.8) is 0 Å². The summed E-state index contributed by atoms with van der Waals surface area (Å²) in [7, 11) is -2.24. The van der Waals surface area contributed by atoms with Crippen molar-refractivity contribution in [3.05, 3.63) is 63.4 Å². The summed E-state index contributed by atoms with van der Waals surface area (Å²) in [6.07, 6.45) is 6.01. The van der Waals surface area contributed by atoms with Crippen LogP contribution in [-0.4, -0.2) is 28.7 Å². The lowest BCUT2D eigenvalue weighted by molar-refractivity contribution is -0.174. The Labute approximate surface area is 206 Å². The average molecular weight is 489 g/mol. The number of rotatable bonds is 3. The van der Waals surface area contributed by atoms with Gasteiger partial charge in [0.05, 0.1) is 29.0 Å². The van der Waals surface area contributed by atoms with E-state index in [0.717, 1.165) is 35.0 Å². The lowest BCUT2D eigenvalue weighted by Gasteiger charge is -2.45. The number of benzene rings is 1. The van der Waals surface area contributed by atoms with E-state index in [9.17, 15) is 14.7 Å². The van der Waals surface area contributed by atoms with Crippen LogP contribution in [0.5, 0.6) is 0 Å². The quantitative estimate of drug-likeness (QED) is 0.317. The molecule has 2 atom stereocenters. The van der Waals surface area contributed by atoms with Crippen molar-refractivity contribution in [2.45, 2.75) is 82.0 Å². The van der Waals surface area contributed by atoms with Gasteiger partial charge >= 0.3 is 5.97 Å². The molecule has 1 unspecified atom stereocenters. The molecule has 35 heavy (non-hydrogen) atoms. The van der Waals surface area contributed by atoms with Crippen LogP contribution in [0.2, 0.25) is 18.6 Å². The first-order valence-electron chi connectivity index (χ1n) is 12.9. The first kappa shape index (κ1) is 22.7. The third kappa shape index (κ3) is 3.21. The van der Waals surface area contributed by atoms with E-state index >= 15 is 0 Å². The standard InChI is InChI=1S/C28H32N2O4Si/c1-4-28(33)20-15-22-24-18(14-17-10-8-9-13-21(17)29-24)16-30(22)25(31)23(20)26(34-27(28)32)35(2,3)19-11-6-5-7-12-19/h8-10,13-15,19,26,33H,4-7,11-12,16H2,1-3H3/t26?,28-/m0/s1. The minimum atomic E-state index is -2.24. The highest BCUT2D eigenvalue weighted by atomic mass is 28.3. The normalized spacial score (nSPS) is 24.1. The van der Waals surface area contributed by atoms with Gasteiger partial charge in [-0.25, -0.2) is 9.78 Å². The van der Waals surface area contributed by atoms with Gasteiger partial charge in [-0.15, -0.1) is 0 Å². The number of para-hydroxylation sites is 1. The zero-order valence-corrected chi connectivity index (χ0v) is 21.6. The highest BCUT2D eigenvalue weighted by Crippen LogP contribution is 2.49. The van der Waals surface area contributed by atoms with Gasteiger partial charge in [0.25, 0.3) is 5.56 Å². The van der Waals surface area contributed by atoms with Crippen LogP contribution < -0.4 is 5.56 Å². The van der Waals surface area contributed by atoms with Crippen molar-refractivity contribution in [2.24, 2.45) is 0 Å². The molecule has 0 spiro atoms. The molecule has 4 heterocycles. The molecule has 182 valence electrons. The molecule has 3 aromatic rings. The summed E-state index contributed by atoms with van der Waals surface area (Å²) in [5.41, 5.74) is 2.15. The second kappa shape index (κ2) is 7.87. The summed E-state index contributed by atoms with van der Waals surface area (Å²) >= 11 is 0. The molecule has 0 saturated heterocycles. The Hall–Kier alpha value is -2.77. The van der Waals surface area contributed by atoms with E-state index in [1.54, 1.807) is 11.5 Å². The monoisotopic (exact) mass is 488 g/mol. The molecule has 0 radical (unpaired) electrons. The Balaban J connectivity index is 1.57. The Morgan fingerprint density at radius 2 is 1.89 bits per heavy atom. The van der Waals surface area contributed by atoms with Crippen molar-refractivity contribution in [3.8, 4) is 11.4 Å². The fourth-order valence-electron chi connectivity index (χ4n) is 6.58. The van der Waals surface area contributed by atoms with Crippen LogP contribution in [0.25, 0.3) is 22.3 Å². The molecular formula is C28H32N2O4Si. The molecule has 3 aliphatic rings. The number of aliphatic hydroxyl groups is 1. The van der Waals surface area contributed by atoms with Gasteiger partial charge in [-0.2, -0.15) is 0 Å². The van der Waals surface area contributed by atoms with Crippen LogP contribution in [0, 0.1) is 0 Å². The third-order valence-electron chi connectivity index (χ3n) is 8.83. The van der Waals surface area contributed by atoms with Crippen LogP contribution in [0.1, 0.15) is 67.9 Å². The van der Waals surface area contributed by atoms with Gasteiger partial charge in [0, 0.05) is 16.5 Å². The first-order valence-corrected chi connectivity index (χ1v) is 16.0. The molecule has 2 aromatic heterocycles. The van der Waals surface area contributed by atoms with Gasteiger partial charge in [0.2, 0.25) is 0 Å². The van der Waals surface area contributed by atoms with Crippen LogP contribution >= 0.6 is 0 Å². The SMILES string of the molecule is CC[C@@]1(O)C(=O)OC([Si](C)(C)C2CCCCC2)c2c1cc1n(c2=O)Cc2cc3ccccc3nc2-1. The number of nitrogens with zero attached hydrogens (tertiary/aromatic N) is 2. The van der Waals surface area contributed by atoms with Gasteiger partial charge in [-0.3, -0.25) is 4.79 Å². The summed E-state index contributed by atoms with van der Waals surface area (Å²) < 4.78 is 7.83. The molecule has 2 aliphatic heterocycles. The Bertz CT molecular complexity index is 1420. The molecule has 6 nitrogen and oxygen atoms in total. The van der Waals surface area contributed by atoms with Crippen LogP contribution in [0.15, 0.2) is 41.2 Å². The fraction of sp³-hybridized carbons (Fsp3) is 0.464. The van der Waals surface area contributed by atoms with Crippen molar-refractivity contribution in [1.82, 2.24) is 9.55 Å². The van der Waals surface area contributed by atoms with Crippen LogP contribution in [0.3, 0.4) is 0 Å². The van der Waals surface area contributed by atoms with Crippen LogP contribution in [-0.2, 0) is 21.7 Å². The molecule has 1 N–H and O–H groups in total. The van der Waals surface area contributed by atoms with E-state index in [4.69, 9.17) is 9.72 Å². The second-order valence-corrected chi connectivity index (χ2v) is 16.1. The van der Waals surface area contributed by atoms with Crippen molar-refractivity contribution in [1.29, 1.82) is 0 Å². The number of pyridine rings is 2. The topological polar surface area (TPSA) is 81.4 Å². The highest BCUT2D eigenvalue weighted by Gasteiger charge is 2.54. The number of carbonyl (C=O) groups excluding carboxylic acids is 1. The zero-order valence-electron chi connectivity index (χ0n) is 20.6. The summed E-state index contributed by atoms with van der Waals surface area (Å²) in [5.74, 6) is -0.622. The largest absolute Gasteiger partial charge is 0.459 e. The molecule has 0 amide bonds. The maximum absolute atomic E-state index is 14.2. The zero-order chi connectivity index (χ0) is 24.5. The Morgan fingerprint density at radius 1 is 1.14 bits per heavy atom. The van der Waals surface area contributed by atoms with E-state index in [1.165, 1.54) is 19.3 Å². The maximum Gasteiger partial charge on any atom is 0.343 e. The lowest BCUT2D eigenvalue weighted by Crippen LogP contribution is -2.53. The van der Waals surface area contributed by atoms with Gasteiger partial charge in [0.15, 0.2) is 5.60 Å². The van der Waals surface area contributed by atoms with E-state index < -0.39 is 25.4 Å². The predicted octanol–water partition coefficient (Wildman–Crippen LogP) is 5.20.